The van der Waals surface area contributed by atoms with Crippen LogP contribution in [0.3, 0.4) is 0 Å². The van der Waals surface area contributed by atoms with E-state index in [2.05, 4.69) is 21.2 Å². The van der Waals surface area contributed by atoms with E-state index in [-0.39, 0.29) is 23.1 Å². The predicted molar refractivity (Wildman–Crippen MR) is 123 cm³/mol. The Labute approximate surface area is 195 Å². The van der Waals surface area contributed by atoms with Gasteiger partial charge in [0.15, 0.2) is 18.1 Å². The van der Waals surface area contributed by atoms with Crippen molar-refractivity contribution < 1.29 is 23.9 Å². The quantitative estimate of drug-likeness (QED) is 0.289. The first-order valence-electron chi connectivity index (χ1n) is 9.51. The summed E-state index contributed by atoms with van der Waals surface area (Å²) in [7, 11) is 1.41. The van der Waals surface area contributed by atoms with Crippen molar-refractivity contribution in [2.75, 3.05) is 25.6 Å². The van der Waals surface area contributed by atoms with E-state index in [0.717, 1.165) is 0 Å². The number of halogens is 2. The summed E-state index contributed by atoms with van der Waals surface area (Å²) in [6.45, 7) is 1.95. The Morgan fingerprint density at radius 1 is 1.09 bits per heavy atom. The minimum atomic E-state index is -0.889. The Hall–Kier alpha value is -3.30. The Morgan fingerprint density at radius 3 is 2.47 bits per heavy atom. The smallest absolute Gasteiger partial charge is 0.329 e. The van der Waals surface area contributed by atoms with Crippen molar-refractivity contribution in [2.24, 2.45) is 5.10 Å². The third-order valence-corrected chi connectivity index (χ3v) is 4.38. The monoisotopic (exact) mass is 480 g/mol. The summed E-state index contributed by atoms with van der Waals surface area (Å²) >= 11 is 12.1. The van der Waals surface area contributed by atoms with Crippen LogP contribution in [0.4, 0.5) is 5.69 Å². The van der Waals surface area contributed by atoms with Crippen LogP contribution in [0.5, 0.6) is 11.5 Å². The molecule has 2 aromatic rings. The van der Waals surface area contributed by atoms with Crippen LogP contribution in [0.1, 0.15) is 18.9 Å². The van der Waals surface area contributed by atoms with Gasteiger partial charge < -0.3 is 20.1 Å². The van der Waals surface area contributed by atoms with Crippen LogP contribution in [0, 0.1) is 0 Å². The number of nitrogens with zero attached hydrogens (tertiary/aromatic N) is 1. The molecule has 0 saturated heterocycles. The normalized spacial score (nSPS) is 10.5. The molecule has 0 aromatic heterocycles. The van der Waals surface area contributed by atoms with Gasteiger partial charge in [-0.15, -0.1) is 0 Å². The lowest BCUT2D eigenvalue weighted by Gasteiger charge is -2.13. The van der Waals surface area contributed by atoms with Crippen molar-refractivity contribution in [2.45, 2.75) is 13.3 Å². The molecule has 0 fully saturated rings. The number of hydrazone groups is 1. The third kappa shape index (κ3) is 7.75. The van der Waals surface area contributed by atoms with Crippen LogP contribution in [0.25, 0.3) is 0 Å². The van der Waals surface area contributed by atoms with Crippen molar-refractivity contribution in [3.63, 3.8) is 0 Å². The van der Waals surface area contributed by atoms with E-state index in [9.17, 15) is 14.4 Å². The average molecular weight is 481 g/mol. The summed E-state index contributed by atoms with van der Waals surface area (Å²) < 4.78 is 10.8. The minimum Gasteiger partial charge on any atom is -0.493 e. The number of ether oxygens (including phenoxy) is 2. The van der Waals surface area contributed by atoms with E-state index in [0.29, 0.717) is 29.2 Å². The van der Waals surface area contributed by atoms with Crippen LogP contribution in [0.2, 0.25) is 10.0 Å². The van der Waals surface area contributed by atoms with Crippen molar-refractivity contribution in [3.05, 3.63) is 52.0 Å². The Balaban J connectivity index is 1.98. The molecule has 0 radical (unpaired) electrons. The fourth-order valence-corrected chi connectivity index (χ4v) is 2.76. The molecule has 0 aliphatic carbocycles. The maximum Gasteiger partial charge on any atom is 0.329 e. The summed E-state index contributed by atoms with van der Waals surface area (Å²) in [5, 5.41) is 9.55. The predicted octanol–water partition coefficient (Wildman–Crippen LogP) is 3.00. The summed E-state index contributed by atoms with van der Waals surface area (Å²) in [5.41, 5.74) is 3.16. The number of anilines is 1. The van der Waals surface area contributed by atoms with Gasteiger partial charge in [0.2, 0.25) is 0 Å². The molecule has 170 valence electrons. The molecule has 3 N–H and O–H groups in total. The number of hydrogen-bond donors (Lipinski definition) is 3. The number of nitrogens with one attached hydrogen (secondary N) is 3. The Kier molecular flexibility index (Phi) is 9.77. The zero-order valence-corrected chi connectivity index (χ0v) is 18.9. The van der Waals surface area contributed by atoms with Gasteiger partial charge in [-0.2, -0.15) is 5.10 Å². The molecule has 0 spiro atoms. The van der Waals surface area contributed by atoms with Gasteiger partial charge in [0, 0.05) is 17.3 Å². The highest BCUT2D eigenvalue weighted by Crippen LogP contribution is 2.36. The molecule has 0 aliphatic rings. The van der Waals surface area contributed by atoms with Crippen molar-refractivity contribution in [1.29, 1.82) is 0 Å². The largest absolute Gasteiger partial charge is 0.493 e. The summed E-state index contributed by atoms with van der Waals surface area (Å²) in [6.07, 6.45) is 1.99. The first kappa shape index (κ1) is 25.0. The number of hydrogen-bond acceptors (Lipinski definition) is 6. The van der Waals surface area contributed by atoms with Gasteiger partial charge in [-0.1, -0.05) is 30.1 Å². The average Bonchev–Trinajstić information content (AvgIpc) is 2.77. The molecule has 2 rings (SSSR count). The molecule has 0 atom stereocenters. The maximum atomic E-state index is 12.1. The SMILES string of the molecule is CCCNC(=O)C(=O)N/N=C\c1cc(Cl)c(OCC(=O)Nc2ccc(Cl)cc2)c(OC)c1. The van der Waals surface area contributed by atoms with Crippen LogP contribution >= 0.6 is 23.2 Å². The number of carbonyl (C=O) groups is 3. The van der Waals surface area contributed by atoms with Crippen molar-refractivity contribution >= 4 is 52.8 Å². The van der Waals surface area contributed by atoms with Gasteiger partial charge in [-0.05, 0) is 48.4 Å². The van der Waals surface area contributed by atoms with Crippen molar-refractivity contribution in [1.82, 2.24) is 10.7 Å². The standard InChI is InChI=1S/C21H22Cl2N4O5/c1-3-8-24-20(29)21(30)27-25-11-13-9-16(23)19(17(10-13)31-2)32-12-18(28)26-15-6-4-14(22)5-7-15/h4-7,9-11H,3,8,12H2,1-2H3,(H,24,29)(H,26,28)(H,27,30)/b25-11-. The molecule has 0 heterocycles. The highest BCUT2D eigenvalue weighted by Gasteiger charge is 2.14. The Morgan fingerprint density at radius 2 is 1.81 bits per heavy atom. The van der Waals surface area contributed by atoms with Crippen LogP contribution in [0.15, 0.2) is 41.5 Å². The molecule has 32 heavy (non-hydrogen) atoms. The zero-order valence-electron chi connectivity index (χ0n) is 17.4. The molecule has 3 amide bonds. The first-order chi connectivity index (χ1) is 15.3. The van der Waals surface area contributed by atoms with Gasteiger partial charge in [-0.3, -0.25) is 14.4 Å². The minimum absolute atomic E-state index is 0.164. The molecule has 0 saturated carbocycles. The number of carbonyl (C=O) groups excluding carboxylic acids is 3. The molecular weight excluding hydrogens is 459 g/mol. The van der Waals surface area contributed by atoms with E-state index in [4.69, 9.17) is 32.7 Å². The highest BCUT2D eigenvalue weighted by atomic mass is 35.5. The first-order valence-corrected chi connectivity index (χ1v) is 10.3. The van der Waals surface area contributed by atoms with E-state index < -0.39 is 17.7 Å². The van der Waals surface area contributed by atoms with Crippen LogP contribution in [-0.2, 0) is 14.4 Å². The topological polar surface area (TPSA) is 118 Å². The van der Waals surface area contributed by atoms with Crippen molar-refractivity contribution in [3.8, 4) is 11.5 Å². The van der Waals surface area contributed by atoms with Crippen LogP contribution in [-0.4, -0.2) is 44.2 Å². The molecule has 0 aliphatic heterocycles. The Bertz CT molecular complexity index is 996. The second kappa shape index (κ2) is 12.5. The van der Waals surface area contributed by atoms with E-state index >= 15 is 0 Å². The summed E-state index contributed by atoms with van der Waals surface area (Å²) in [6, 6.07) is 9.67. The fraction of sp³-hybridized carbons (Fsp3) is 0.238. The lowest BCUT2D eigenvalue weighted by Crippen LogP contribution is -2.38. The van der Waals surface area contributed by atoms with Crippen LogP contribution < -0.4 is 25.5 Å². The third-order valence-electron chi connectivity index (χ3n) is 3.85. The number of amides is 3. The summed E-state index contributed by atoms with van der Waals surface area (Å²) in [4.78, 5) is 35.3. The fourth-order valence-electron chi connectivity index (χ4n) is 2.36. The van der Waals surface area contributed by atoms with E-state index in [1.807, 2.05) is 6.92 Å². The zero-order chi connectivity index (χ0) is 23.5. The van der Waals surface area contributed by atoms with E-state index in [1.54, 1.807) is 30.3 Å². The number of methoxy groups -OCH3 is 1. The maximum absolute atomic E-state index is 12.1. The molecule has 2 aromatic carbocycles. The van der Waals surface area contributed by atoms with Gasteiger partial charge in [0.05, 0.1) is 18.3 Å². The lowest BCUT2D eigenvalue weighted by molar-refractivity contribution is -0.139. The molecule has 0 bridgehead atoms. The van der Waals surface area contributed by atoms with E-state index in [1.165, 1.54) is 19.4 Å². The summed E-state index contributed by atoms with van der Waals surface area (Å²) in [5.74, 6) is -1.65. The van der Waals surface area contributed by atoms with Gasteiger partial charge >= 0.3 is 11.8 Å². The van der Waals surface area contributed by atoms with Gasteiger partial charge in [0.1, 0.15) is 0 Å². The van der Waals surface area contributed by atoms with Gasteiger partial charge in [-0.25, -0.2) is 5.43 Å². The number of rotatable bonds is 9. The number of benzene rings is 2. The second-order valence-electron chi connectivity index (χ2n) is 6.33. The molecule has 9 nitrogen and oxygen atoms in total. The second-order valence-corrected chi connectivity index (χ2v) is 7.18. The molecule has 0 unspecified atom stereocenters. The lowest BCUT2D eigenvalue weighted by atomic mass is 10.2. The highest BCUT2D eigenvalue weighted by molar-refractivity contribution is 6.35. The molecule has 11 heteroatoms. The molecular formula is C21H22Cl2N4O5. The van der Waals surface area contributed by atoms with Gasteiger partial charge in [0.25, 0.3) is 5.91 Å².